The minimum Gasteiger partial charge on any atom is -0.468 e. The van der Waals surface area contributed by atoms with Gasteiger partial charge in [0.2, 0.25) is 0 Å². The van der Waals surface area contributed by atoms with Gasteiger partial charge in [0.25, 0.3) is 0 Å². The van der Waals surface area contributed by atoms with Crippen LogP contribution in [0.1, 0.15) is 11.1 Å². The fourth-order valence-electron chi connectivity index (χ4n) is 2.33. The molecule has 0 aliphatic carbocycles. The number of rotatable bonds is 5. The van der Waals surface area contributed by atoms with Gasteiger partial charge >= 0.3 is 5.97 Å². The molecule has 3 nitrogen and oxygen atoms in total. The third-order valence-electron chi connectivity index (χ3n) is 3.32. The predicted octanol–water partition coefficient (Wildman–Crippen LogP) is 2.34. The lowest BCUT2D eigenvalue weighted by atomic mass is 9.85. The van der Waals surface area contributed by atoms with Crippen LogP contribution < -0.4 is 5.73 Å². The SMILES string of the molecule is COC(=O)C(N)(Cc1ccccc1)Cc1ccccc1. The molecule has 2 aromatic rings. The van der Waals surface area contributed by atoms with E-state index in [1.54, 1.807) is 0 Å². The van der Waals surface area contributed by atoms with E-state index in [1.807, 2.05) is 60.7 Å². The molecule has 0 saturated carbocycles. The second kappa shape index (κ2) is 6.35. The van der Waals surface area contributed by atoms with Gasteiger partial charge in [-0.1, -0.05) is 60.7 Å². The summed E-state index contributed by atoms with van der Waals surface area (Å²) in [4.78, 5) is 12.1. The molecule has 0 fully saturated rings. The Labute approximate surface area is 119 Å². The average Bonchev–Trinajstić information content (AvgIpc) is 2.48. The van der Waals surface area contributed by atoms with Gasteiger partial charge < -0.3 is 10.5 Å². The Balaban J connectivity index is 2.24. The van der Waals surface area contributed by atoms with Gasteiger partial charge in [0.05, 0.1) is 7.11 Å². The third-order valence-corrected chi connectivity index (χ3v) is 3.32. The Morgan fingerprint density at radius 2 is 1.35 bits per heavy atom. The van der Waals surface area contributed by atoms with Crippen LogP contribution in [0.4, 0.5) is 0 Å². The molecule has 104 valence electrons. The zero-order valence-electron chi connectivity index (χ0n) is 11.6. The van der Waals surface area contributed by atoms with E-state index >= 15 is 0 Å². The summed E-state index contributed by atoms with van der Waals surface area (Å²) >= 11 is 0. The van der Waals surface area contributed by atoms with Crippen LogP contribution in [-0.2, 0) is 22.4 Å². The molecule has 0 unspecified atom stereocenters. The Morgan fingerprint density at radius 3 is 1.70 bits per heavy atom. The lowest BCUT2D eigenvalue weighted by Gasteiger charge is -2.26. The maximum atomic E-state index is 12.1. The van der Waals surface area contributed by atoms with Gasteiger partial charge in [0, 0.05) is 12.8 Å². The highest BCUT2D eigenvalue weighted by Crippen LogP contribution is 2.18. The highest BCUT2D eigenvalue weighted by atomic mass is 16.5. The summed E-state index contributed by atoms with van der Waals surface area (Å²) in [6.45, 7) is 0. The molecule has 20 heavy (non-hydrogen) atoms. The molecule has 3 heteroatoms. The van der Waals surface area contributed by atoms with Crippen LogP contribution in [-0.4, -0.2) is 18.6 Å². The van der Waals surface area contributed by atoms with Crippen molar-refractivity contribution in [3.63, 3.8) is 0 Å². The number of esters is 1. The molecular weight excluding hydrogens is 250 g/mol. The normalized spacial score (nSPS) is 11.1. The Morgan fingerprint density at radius 1 is 0.950 bits per heavy atom. The van der Waals surface area contributed by atoms with Gasteiger partial charge in [-0.2, -0.15) is 0 Å². The Hall–Kier alpha value is -2.13. The van der Waals surface area contributed by atoms with E-state index in [0.717, 1.165) is 11.1 Å². The van der Waals surface area contributed by atoms with Crippen molar-refractivity contribution in [3.05, 3.63) is 71.8 Å². The average molecular weight is 269 g/mol. The molecule has 0 aliphatic rings. The standard InChI is InChI=1S/C17H19NO2/c1-20-16(19)17(18,12-14-8-4-2-5-9-14)13-15-10-6-3-7-11-15/h2-11H,12-13,18H2,1H3. The second-order valence-corrected chi connectivity index (χ2v) is 4.97. The fourth-order valence-corrected chi connectivity index (χ4v) is 2.33. The van der Waals surface area contributed by atoms with E-state index in [0.29, 0.717) is 12.8 Å². The zero-order chi connectivity index (χ0) is 14.4. The van der Waals surface area contributed by atoms with Gasteiger partial charge in [0.1, 0.15) is 5.54 Å². The van der Waals surface area contributed by atoms with E-state index in [-0.39, 0.29) is 5.97 Å². The molecular formula is C17H19NO2. The van der Waals surface area contributed by atoms with E-state index < -0.39 is 5.54 Å². The lowest BCUT2D eigenvalue weighted by Crippen LogP contribution is -2.52. The Kier molecular flexibility index (Phi) is 4.53. The first-order valence-electron chi connectivity index (χ1n) is 6.59. The number of methoxy groups -OCH3 is 1. The van der Waals surface area contributed by atoms with Gasteiger partial charge in [-0.3, -0.25) is 4.79 Å². The van der Waals surface area contributed by atoms with Crippen molar-refractivity contribution < 1.29 is 9.53 Å². The van der Waals surface area contributed by atoms with Gasteiger partial charge in [-0.25, -0.2) is 0 Å². The maximum Gasteiger partial charge on any atom is 0.326 e. The fraction of sp³-hybridized carbons (Fsp3) is 0.235. The highest BCUT2D eigenvalue weighted by molar-refractivity contribution is 5.81. The molecule has 0 atom stereocenters. The van der Waals surface area contributed by atoms with Gasteiger partial charge in [-0.05, 0) is 11.1 Å². The quantitative estimate of drug-likeness (QED) is 0.848. The van der Waals surface area contributed by atoms with Crippen LogP contribution in [0.3, 0.4) is 0 Å². The summed E-state index contributed by atoms with van der Waals surface area (Å²) in [5.74, 6) is -0.384. The minimum atomic E-state index is -1.04. The van der Waals surface area contributed by atoms with Crippen molar-refractivity contribution in [2.45, 2.75) is 18.4 Å². The predicted molar refractivity (Wildman–Crippen MR) is 79.2 cm³/mol. The summed E-state index contributed by atoms with van der Waals surface area (Å²) in [6.07, 6.45) is 0.908. The van der Waals surface area contributed by atoms with E-state index in [2.05, 4.69) is 0 Å². The van der Waals surface area contributed by atoms with Crippen LogP contribution in [0, 0.1) is 0 Å². The summed E-state index contributed by atoms with van der Waals surface area (Å²) in [7, 11) is 1.37. The summed E-state index contributed by atoms with van der Waals surface area (Å²) < 4.78 is 4.90. The monoisotopic (exact) mass is 269 g/mol. The van der Waals surface area contributed by atoms with Gasteiger partial charge in [0.15, 0.2) is 0 Å². The van der Waals surface area contributed by atoms with Crippen LogP contribution in [0.5, 0.6) is 0 Å². The summed E-state index contributed by atoms with van der Waals surface area (Å²) in [6, 6.07) is 19.5. The van der Waals surface area contributed by atoms with Crippen molar-refractivity contribution in [1.82, 2.24) is 0 Å². The minimum absolute atomic E-state index is 0.384. The number of ether oxygens (including phenoxy) is 1. The molecule has 0 amide bonds. The van der Waals surface area contributed by atoms with E-state index in [1.165, 1.54) is 7.11 Å². The first-order chi connectivity index (χ1) is 9.64. The first-order valence-corrected chi connectivity index (χ1v) is 6.59. The summed E-state index contributed by atoms with van der Waals surface area (Å²) in [5, 5.41) is 0. The zero-order valence-corrected chi connectivity index (χ0v) is 11.6. The molecule has 0 aliphatic heterocycles. The third kappa shape index (κ3) is 3.45. The number of benzene rings is 2. The molecule has 0 bridgehead atoms. The number of carbonyl (C=O) groups is 1. The first kappa shape index (κ1) is 14.3. The molecule has 2 aromatic carbocycles. The van der Waals surface area contributed by atoms with Crippen LogP contribution >= 0.6 is 0 Å². The van der Waals surface area contributed by atoms with Crippen molar-refractivity contribution in [2.75, 3.05) is 7.11 Å². The van der Waals surface area contributed by atoms with Crippen molar-refractivity contribution in [2.24, 2.45) is 5.73 Å². The molecule has 0 heterocycles. The molecule has 2 N–H and O–H groups in total. The molecule has 2 rings (SSSR count). The van der Waals surface area contributed by atoms with E-state index in [9.17, 15) is 4.79 Å². The smallest absolute Gasteiger partial charge is 0.326 e. The highest BCUT2D eigenvalue weighted by Gasteiger charge is 2.35. The largest absolute Gasteiger partial charge is 0.468 e. The second-order valence-electron chi connectivity index (χ2n) is 4.97. The van der Waals surface area contributed by atoms with Crippen LogP contribution in [0.2, 0.25) is 0 Å². The number of nitrogens with two attached hydrogens (primary N) is 1. The number of carbonyl (C=O) groups excluding carboxylic acids is 1. The Bertz CT molecular complexity index is 510. The topological polar surface area (TPSA) is 52.3 Å². The summed E-state index contributed by atoms with van der Waals surface area (Å²) in [5.41, 5.74) is 7.35. The van der Waals surface area contributed by atoms with Crippen molar-refractivity contribution >= 4 is 5.97 Å². The maximum absolute atomic E-state index is 12.1. The molecule has 0 spiro atoms. The van der Waals surface area contributed by atoms with E-state index in [4.69, 9.17) is 10.5 Å². The van der Waals surface area contributed by atoms with Gasteiger partial charge in [-0.15, -0.1) is 0 Å². The van der Waals surface area contributed by atoms with Crippen molar-refractivity contribution in [1.29, 1.82) is 0 Å². The molecule has 0 saturated heterocycles. The lowest BCUT2D eigenvalue weighted by molar-refractivity contribution is -0.147. The van der Waals surface area contributed by atoms with Crippen molar-refractivity contribution in [3.8, 4) is 0 Å². The molecule has 0 aromatic heterocycles. The van der Waals surface area contributed by atoms with Crippen LogP contribution in [0.25, 0.3) is 0 Å². The number of hydrogen-bond acceptors (Lipinski definition) is 3. The molecule has 0 radical (unpaired) electrons. The van der Waals surface area contributed by atoms with Crippen LogP contribution in [0.15, 0.2) is 60.7 Å². The number of hydrogen-bond donors (Lipinski definition) is 1.